The Labute approximate surface area is 236 Å². The van der Waals surface area contributed by atoms with Gasteiger partial charge in [-0.1, -0.05) is 44.2 Å². The fraction of sp³-hybridized carbons (Fsp3) is 0.419. The van der Waals surface area contributed by atoms with Crippen molar-refractivity contribution in [1.29, 1.82) is 0 Å². The highest BCUT2D eigenvalue weighted by Gasteiger charge is 2.25. The zero-order valence-corrected chi connectivity index (χ0v) is 23.9. The van der Waals surface area contributed by atoms with E-state index in [0.29, 0.717) is 50.6 Å². The maximum atomic E-state index is 13.2. The van der Waals surface area contributed by atoms with E-state index in [0.717, 1.165) is 29.1 Å². The number of ether oxygens (including phenoxy) is 2. The van der Waals surface area contributed by atoms with Crippen molar-refractivity contribution < 1.29 is 19.1 Å². The number of piperazine rings is 1. The maximum Gasteiger partial charge on any atom is 0.242 e. The van der Waals surface area contributed by atoms with Gasteiger partial charge in [0, 0.05) is 44.7 Å². The van der Waals surface area contributed by atoms with Crippen LogP contribution in [0.15, 0.2) is 60.7 Å². The summed E-state index contributed by atoms with van der Waals surface area (Å²) in [4.78, 5) is 31.9. The number of benzene rings is 2. The minimum Gasteiger partial charge on any atom is -0.493 e. The standard InChI is InChI=1S/C31H39N5O4/c1-23(2)20-30(37)36(15-14-24-8-6-5-7-9-24)22-31(38)35-18-16-34(17-19-35)29-13-11-26(32-33-29)25-10-12-27(39-3)28(21-25)40-4/h5-13,21,23H,14-20,22H2,1-4H3. The van der Waals surface area contributed by atoms with Crippen LogP contribution in [0.1, 0.15) is 25.8 Å². The summed E-state index contributed by atoms with van der Waals surface area (Å²) in [5.74, 6) is 2.32. The largest absolute Gasteiger partial charge is 0.493 e. The quantitative estimate of drug-likeness (QED) is 0.361. The number of hydrogen-bond donors (Lipinski definition) is 0. The number of amides is 2. The first-order chi connectivity index (χ1) is 19.4. The molecule has 4 rings (SSSR count). The molecule has 1 saturated heterocycles. The molecule has 1 aliphatic heterocycles. The van der Waals surface area contributed by atoms with Crippen LogP contribution in [-0.4, -0.2) is 85.3 Å². The molecule has 1 fully saturated rings. The van der Waals surface area contributed by atoms with E-state index in [1.165, 1.54) is 0 Å². The van der Waals surface area contributed by atoms with Gasteiger partial charge in [-0.2, -0.15) is 0 Å². The predicted octanol–water partition coefficient (Wildman–Crippen LogP) is 3.93. The fourth-order valence-electron chi connectivity index (χ4n) is 4.77. The van der Waals surface area contributed by atoms with E-state index in [1.807, 2.05) is 67.3 Å². The van der Waals surface area contributed by atoms with Crippen LogP contribution in [0, 0.1) is 5.92 Å². The number of nitrogens with zero attached hydrogens (tertiary/aromatic N) is 5. The van der Waals surface area contributed by atoms with E-state index in [2.05, 4.69) is 27.2 Å². The molecule has 0 unspecified atom stereocenters. The topological polar surface area (TPSA) is 88.1 Å². The summed E-state index contributed by atoms with van der Waals surface area (Å²) in [6.07, 6.45) is 1.16. The number of carbonyl (C=O) groups is 2. The number of rotatable bonds is 11. The lowest BCUT2D eigenvalue weighted by Crippen LogP contribution is -2.52. The highest BCUT2D eigenvalue weighted by molar-refractivity contribution is 5.85. The van der Waals surface area contributed by atoms with Gasteiger partial charge < -0.3 is 24.2 Å². The van der Waals surface area contributed by atoms with E-state index in [-0.39, 0.29) is 24.3 Å². The van der Waals surface area contributed by atoms with Crippen LogP contribution in [0.2, 0.25) is 0 Å². The van der Waals surface area contributed by atoms with Gasteiger partial charge in [0.15, 0.2) is 17.3 Å². The molecule has 1 aliphatic rings. The third kappa shape index (κ3) is 7.49. The zero-order valence-electron chi connectivity index (χ0n) is 23.9. The summed E-state index contributed by atoms with van der Waals surface area (Å²) in [6, 6.07) is 19.6. The second-order valence-corrected chi connectivity index (χ2v) is 10.4. The van der Waals surface area contributed by atoms with E-state index in [1.54, 1.807) is 19.1 Å². The van der Waals surface area contributed by atoms with Crippen molar-refractivity contribution in [2.75, 3.05) is 58.4 Å². The molecule has 40 heavy (non-hydrogen) atoms. The van der Waals surface area contributed by atoms with Gasteiger partial charge >= 0.3 is 0 Å². The van der Waals surface area contributed by atoms with E-state index in [9.17, 15) is 9.59 Å². The number of carbonyl (C=O) groups excluding carboxylic acids is 2. The lowest BCUT2D eigenvalue weighted by molar-refractivity contribution is -0.141. The Morgan fingerprint density at radius 3 is 2.25 bits per heavy atom. The first-order valence-corrected chi connectivity index (χ1v) is 13.8. The molecule has 0 bridgehead atoms. The first-order valence-electron chi connectivity index (χ1n) is 13.8. The smallest absolute Gasteiger partial charge is 0.242 e. The van der Waals surface area contributed by atoms with Gasteiger partial charge in [0.1, 0.15) is 0 Å². The van der Waals surface area contributed by atoms with E-state index < -0.39 is 0 Å². The third-order valence-corrected chi connectivity index (χ3v) is 7.06. The van der Waals surface area contributed by atoms with Gasteiger partial charge in [0.25, 0.3) is 0 Å². The van der Waals surface area contributed by atoms with Gasteiger partial charge in [-0.25, -0.2) is 0 Å². The Bertz CT molecular complexity index is 1260. The van der Waals surface area contributed by atoms with Crippen LogP contribution in [0.4, 0.5) is 5.82 Å². The highest BCUT2D eigenvalue weighted by atomic mass is 16.5. The predicted molar refractivity (Wildman–Crippen MR) is 156 cm³/mol. The van der Waals surface area contributed by atoms with Gasteiger partial charge in [-0.15, -0.1) is 10.2 Å². The molecule has 9 nitrogen and oxygen atoms in total. The summed E-state index contributed by atoms with van der Waals surface area (Å²) in [7, 11) is 3.21. The molecule has 0 aliphatic carbocycles. The normalized spacial score (nSPS) is 13.3. The number of hydrogen-bond acceptors (Lipinski definition) is 7. The summed E-state index contributed by atoms with van der Waals surface area (Å²) < 4.78 is 10.7. The summed E-state index contributed by atoms with van der Waals surface area (Å²) in [5.41, 5.74) is 2.78. The molecule has 0 atom stereocenters. The van der Waals surface area contributed by atoms with Crippen LogP contribution in [-0.2, 0) is 16.0 Å². The molecule has 2 amide bonds. The maximum absolute atomic E-state index is 13.2. The van der Waals surface area contributed by atoms with Gasteiger partial charge in [0.05, 0.1) is 26.5 Å². The van der Waals surface area contributed by atoms with Crippen LogP contribution in [0.3, 0.4) is 0 Å². The average molecular weight is 546 g/mol. The zero-order chi connectivity index (χ0) is 28.5. The molecule has 2 heterocycles. The molecule has 0 saturated carbocycles. The molecule has 1 aromatic heterocycles. The Morgan fingerprint density at radius 2 is 1.62 bits per heavy atom. The van der Waals surface area contributed by atoms with Crippen LogP contribution in [0.5, 0.6) is 11.5 Å². The molecule has 2 aromatic carbocycles. The monoisotopic (exact) mass is 545 g/mol. The highest BCUT2D eigenvalue weighted by Crippen LogP contribution is 2.31. The van der Waals surface area contributed by atoms with Crippen molar-refractivity contribution in [1.82, 2.24) is 20.0 Å². The van der Waals surface area contributed by atoms with Crippen molar-refractivity contribution in [2.24, 2.45) is 5.92 Å². The number of methoxy groups -OCH3 is 2. The van der Waals surface area contributed by atoms with Crippen LogP contribution < -0.4 is 14.4 Å². The third-order valence-electron chi connectivity index (χ3n) is 7.06. The molecular formula is C31H39N5O4. The lowest BCUT2D eigenvalue weighted by Gasteiger charge is -2.36. The fourth-order valence-corrected chi connectivity index (χ4v) is 4.77. The molecule has 0 N–H and O–H groups in total. The molecular weight excluding hydrogens is 506 g/mol. The Kier molecular flexibility index (Phi) is 9.94. The van der Waals surface area contributed by atoms with Gasteiger partial charge in [-0.3, -0.25) is 9.59 Å². The number of anilines is 1. The van der Waals surface area contributed by atoms with Gasteiger partial charge in [-0.05, 0) is 48.2 Å². The van der Waals surface area contributed by atoms with Crippen molar-refractivity contribution in [3.8, 4) is 22.8 Å². The Morgan fingerprint density at radius 1 is 0.900 bits per heavy atom. The van der Waals surface area contributed by atoms with Crippen molar-refractivity contribution in [3.63, 3.8) is 0 Å². The van der Waals surface area contributed by atoms with Gasteiger partial charge in [0.2, 0.25) is 11.8 Å². The lowest BCUT2D eigenvalue weighted by atomic mass is 10.1. The molecule has 3 aromatic rings. The molecule has 212 valence electrons. The van der Waals surface area contributed by atoms with Crippen molar-refractivity contribution in [2.45, 2.75) is 26.7 Å². The second-order valence-electron chi connectivity index (χ2n) is 10.4. The second kappa shape index (κ2) is 13.8. The molecule has 9 heteroatoms. The van der Waals surface area contributed by atoms with Crippen molar-refractivity contribution >= 4 is 17.6 Å². The Hall–Kier alpha value is -4.14. The molecule has 0 spiro atoms. The van der Waals surface area contributed by atoms with E-state index in [4.69, 9.17) is 9.47 Å². The SMILES string of the molecule is COc1ccc(-c2ccc(N3CCN(C(=O)CN(CCc4ccccc4)C(=O)CC(C)C)CC3)nn2)cc1OC. The first kappa shape index (κ1) is 28.9. The van der Waals surface area contributed by atoms with Crippen LogP contribution >= 0.6 is 0 Å². The van der Waals surface area contributed by atoms with Crippen LogP contribution in [0.25, 0.3) is 11.3 Å². The summed E-state index contributed by atoms with van der Waals surface area (Å²) >= 11 is 0. The van der Waals surface area contributed by atoms with Crippen molar-refractivity contribution in [3.05, 3.63) is 66.2 Å². The average Bonchev–Trinajstić information content (AvgIpc) is 2.99. The minimum absolute atomic E-state index is 0.0142. The molecule has 0 radical (unpaired) electrons. The number of aromatic nitrogens is 2. The minimum atomic E-state index is -0.0142. The summed E-state index contributed by atoms with van der Waals surface area (Å²) in [5, 5.41) is 8.87. The Balaban J connectivity index is 1.33. The summed E-state index contributed by atoms with van der Waals surface area (Å²) in [6.45, 7) is 7.14. The van der Waals surface area contributed by atoms with E-state index >= 15 is 0 Å².